The third-order valence-electron chi connectivity index (χ3n) is 1.57. The first-order valence-corrected chi connectivity index (χ1v) is 4.01. The third kappa shape index (κ3) is 1.80. The van der Waals surface area contributed by atoms with Gasteiger partial charge in [-0.05, 0) is 13.8 Å². The molecule has 0 fully saturated rings. The van der Waals surface area contributed by atoms with Crippen LogP contribution in [0.25, 0.3) is 0 Å². The third-order valence-corrected chi connectivity index (χ3v) is 1.57. The largest absolute Gasteiger partial charge is 0.462 e. The number of rotatable bonds is 3. The Morgan fingerprint density at radius 2 is 2.38 bits per heavy atom. The Balaban J connectivity index is 2.96. The van der Waals surface area contributed by atoms with Crippen LogP contribution in [-0.2, 0) is 4.74 Å². The second kappa shape index (κ2) is 3.93. The van der Waals surface area contributed by atoms with E-state index >= 15 is 0 Å². The number of hydrogen-bond acceptors (Lipinski definition) is 5. The van der Waals surface area contributed by atoms with Crippen LogP contribution in [0, 0.1) is 6.92 Å². The maximum absolute atomic E-state index is 11.3. The Morgan fingerprint density at radius 1 is 1.69 bits per heavy atom. The van der Waals surface area contributed by atoms with Gasteiger partial charge in [0.25, 0.3) is 0 Å². The van der Waals surface area contributed by atoms with Crippen LogP contribution in [0.15, 0.2) is 4.52 Å². The van der Waals surface area contributed by atoms with Crippen molar-refractivity contribution < 1.29 is 14.1 Å². The first-order valence-electron chi connectivity index (χ1n) is 4.01. The van der Waals surface area contributed by atoms with Crippen molar-refractivity contribution in [3.63, 3.8) is 0 Å². The average molecular weight is 184 g/mol. The van der Waals surface area contributed by atoms with Crippen LogP contribution in [-0.4, -0.2) is 24.8 Å². The lowest BCUT2D eigenvalue weighted by molar-refractivity contribution is 0.0526. The van der Waals surface area contributed by atoms with Gasteiger partial charge in [-0.25, -0.2) is 4.79 Å². The monoisotopic (exact) mass is 184 g/mol. The van der Waals surface area contributed by atoms with Crippen molar-refractivity contribution in [1.82, 2.24) is 5.16 Å². The fourth-order valence-electron chi connectivity index (χ4n) is 0.984. The molecule has 1 aromatic rings. The fourth-order valence-corrected chi connectivity index (χ4v) is 0.984. The van der Waals surface area contributed by atoms with Gasteiger partial charge < -0.3 is 14.6 Å². The summed E-state index contributed by atoms with van der Waals surface area (Å²) in [5.74, 6) is -0.0680. The van der Waals surface area contributed by atoms with E-state index in [-0.39, 0.29) is 0 Å². The van der Waals surface area contributed by atoms with Gasteiger partial charge in [0.2, 0.25) is 5.88 Å². The van der Waals surface area contributed by atoms with E-state index in [0.29, 0.717) is 23.7 Å². The molecular formula is C8H12N2O3. The Hall–Kier alpha value is -1.52. The van der Waals surface area contributed by atoms with E-state index in [9.17, 15) is 4.79 Å². The lowest BCUT2D eigenvalue weighted by Gasteiger charge is -2.00. The summed E-state index contributed by atoms with van der Waals surface area (Å²) in [6.07, 6.45) is 0. The van der Waals surface area contributed by atoms with Crippen LogP contribution in [0.2, 0.25) is 0 Å². The second-order valence-corrected chi connectivity index (χ2v) is 2.44. The first kappa shape index (κ1) is 9.57. The van der Waals surface area contributed by atoms with Crippen molar-refractivity contribution in [2.75, 3.05) is 19.0 Å². The number of hydrogen-bond donors (Lipinski definition) is 1. The quantitative estimate of drug-likeness (QED) is 0.715. The number of aryl methyl sites for hydroxylation is 1. The molecule has 0 amide bonds. The molecule has 72 valence electrons. The topological polar surface area (TPSA) is 64.4 Å². The molecule has 0 aromatic carbocycles. The van der Waals surface area contributed by atoms with E-state index in [1.165, 1.54) is 0 Å². The second-order valence-electron chi connectivity index (χ2n) is 2.44. The minimum atomic E-state index is -0.411. The number of carbonyl (C=O) groups excluding carboxylic acids is 1. The predicted octanol–water partition coefficient (Wildman–Crippen LogP) is 1.20. The molecule has 0 aliphatic carbocycles. The summed E-state index contributed by atoms with van der Waals surface area (Å²) < 4.78 is 9.68. The molecule has 1 rings (SSSR count). The van der Waals surface area contributed by atoms with E-state index in [1.807, 2.05) is 0 Å². The lowest BCUT2D eigenvalue weighted by atomic mass is 10.2. The van der Waals surface area contributed by atoms with Gasteiger partial charge in [0.1, 0.15) is 5.56 Å². The van der Waals surface area contributed by atoms with Crippen molar-refractivity contribution in [1.29, 1.82) is 0 Å². The highest BCUT2D eigenvalue weighted by molar-refractivity contribution is 5.95. The van der Waals surface area contributed by atoms with Crippen molar-refractivity contribution in [2.24, 2.45) is 0 Å². The smallest absolute Gasteiger partial charge is 0.345 e. The van der Waals surface area contributed by atoms with Crippen molar-refractivity contribution in [3.8, 4) is 0 Å². The summed E-state index contributed by atoms with van der Waals surface area (Å²) in [7, 11) is 1.66. The average Bonchev–Trinajstić information content (AvgIpc) is 2.47. The molecule has 0 aliphatic rings. The molecule has 0 bridgehead atoms. The first-order chi connectivity index (χ1) is 6.20. The molecule has 5 heteroatoms. The van der Waals surface area contributed by atoms with Crippen LogP contribution in [0.4, 0.5) is 5.88 Å². The van der Waals surface area contributed by atoms with Gasteiger partial charge in [-0.1, -0.05) is 5.16 Å². The van der Waals surface area contributed by atoms with E-state index in [4.69, 9.17) is 9.26 Å². The number of esters is 1. The summed E-state index contributed by atoms with van der Waals surface area (Å²) in [5, 5.41) is 6.38. The maximum atomic E-state index is 11.3. The maximum Gasteiger partial charge on any atom is 0.345 e. The zero-order chi connectivity index (χ0) is 9.84. The van der Waals surface area contributed by atoms with E-state index < -0.39 is 5.97 Å². The van der Waals surface area contributed by atoms with E-state index in [0.717, 1.165) is 0 Å². The number of anilines is 1. The molecule has 5 nitrogen and oxygen atoms in total. The Labute approximate surface area is 76.0 Å². The van der Waals surface area contributed by atoms with E-state index in [2.05, 4.69) is 10.5 Å². The molecule has 1 N–H and O–H groups in total. The summed E-state index contributed by atoms with van der Waals surface area (Å²) in [5.41, 5.74) is 0.896. The SMILES string of the molecule is CCOC(=O)c1c(C)noc1NC. The number of nitrogens with one attached hydrogen (secondary N) is 1. The normalized spacial score (nSPS) is 9.77. The number of nitrogens with zero attached hydrogens (tertiary/aromatic N) is 1. The summed E-state index contributed by atoms with van der Waals surface area (Å²) >= 11 is 0. The molecule has 0 spiro atoms. The summed E-state index contributed by atoms with van der Waals surface area (Å²) in [6.45, 7) is 3.78. The van der Waals surface area contributed by atoms with Crippen LogP contribution < -0.4 is 5.32 Å². The molecule has 0 aliphatic heterocycles. The van der Waals surface area contributed by atoms with Gasteiger partial charge in [0.15, 0.2) is 0 Å². The van der Waals surface area contributed by atoms with Crippen LogP contribution in [0.5, 0.6) is 0 Å². The highest BCUT2D eigenvalue weighted by atomic mass is 16.5. The molecular weight excluding hydrogens is 172 g/mol. The Morgan fingerprint density at radius 3 is 2.92 bits per heavy atom. The van der Waals surface area contributed by atoms with Crippen LogP contribution in [0.3, 0.4) is 0 Å². The Bertz CT molecular complexity index is 306. The van der Waals surface area contributed by atoms with Gasteiger partial charge in [-0.3, -0.25) is 0 Å². The highest BCUT2D eigenvalue weighted by Gasteiger charge is 2.20. The highest BCUT2D eigenvalue weighted by Crippen LogP contribution is 2.19. The van der Waals surface area contributed by atoms with Crippen molar-refractivity contribution in [3.05, 3.63) is 11.3 Å². The van der Waals surface area contributed by atoms with Crippen LogP contribution in [0.1, 0.15) is 23.0 Å². The summed E-state index contributed by atoms with van der Waals surface area (Å²) in [6, 6.07) is 0. The number of carbonyl (C=O) groups is 1. The van der Waals surface area contributed by atoms with Gasteiger partial charge in [-0.2, -0.15) is 0 Å². The molecule has 0 atom stereocenters. The van der Waals surface area contributed by atoms with Crippen molar-refractivity contribution in [2.45, 2.75) is 13.8 Å². The van der Waals surface area contributed by atoms with Gasteiger partial charge in [0.05, 0.1) is 12.3 Å². The molecule has 0 saturated carbocycles. The van der Waals surface area contributed by atoms with Gasteiger partial charge in [0, 0.05) is 7.05 Å². The lowest BCUT2D eigenvalue weighted by Crippen LogP contribution is -2.07. The van der Waals surface area contributed by atoms with Crippen LogP contribution >= 0.6 is 0 Å². The van der Waals surface area contributed by atoms with Crippen molar-refractivity contribution >= 4 is 11.9 Å². The zero-order valence-corrected chi connectivity index (χ0v) is 7.88. The summed E-state index contributed by atoms with van der Waals surface area (Å²) in [4.78, 5) is 11.3. The molecule has 0 saturated heterocycles. The fraction of sp³-hybridized carbons (Fsp3) is 0.500. The van der Waals surface area contributed by atoms with Gasteiger partial charge in [-0.15, -0.1) is 0 Å². The standard InChI is InChI=1S/C8H12N2O3/c1-4-12-8(11)6-5(2)10-13-7(6)9-3/h9H,4H2,1-3H3. The zero-order valence-electron chi connectivity index (χ0n) is 7.88. The molecule has 13 heavy (non-hydrogen) atoms. The molecule has 1 aromatic heterocycles. The minimum Gasteiger partial charge on any atom is -0.462 e. The Kier molecular flexibility index (Phi) is 2.89. The van der Waals surface area contributed by atoms with E-state index in [1.54, 1.807) is 20.9 Å². The number of aromatic nitrogens is 1. The molecule has 0 radical (unpaired) electrons. The molecule has 1 heterocycles. The number of ether oxygens (including phenoxy) is 1. The van der Waals surface area contributed by atoms with Gasteiger partial charge >= 0.3 is 5.97 Å². The predicted molar refractivity (Wildman–Crippen MR) is 46.7 cm³/mol. The minimum absolute atomic E-state index is 0.340. The molecule has 0 unspecified atom stereocenters.